The molecule has 4 heteroatoms. The highest BCUT2D eigenvalue weighted by Gasteiger charge is 2.25. The molecule has 0 amide bonds. The molecule has 0 aliphatic carbocycles. The molecule has 3 nitrogen and oxygen atoms in total. The van der Waals surface area contributed by atoms with E-state index in [1.54, 1.807) is 0 Å². The summed E-state index contributed by atoms with van der Waals surface area (Å²) >= 11 is 1.84. The third-order valence-corrected chi connectivity index (χ3v) is 4.89. The van der Waals surface area contributed by atoms with E-state index in [9.17, 15) is 0 Å². The maximum atomic E-state index is 4.92. The van der Waals surface area contributed by atoms with Crippen molar-refractivity contribution in [2.75, 3.05) is 33.7 Å². The van der Waals surface area contributed by atoms with Crippen LogP contribution in [0.5, 0.6) is 0 Å². The third-order valence-electron chi connectivity index (χ3n) is 3.90. The third kappa shape index (κ3) is 3.11. The van der Waals surface area contributed by atoms with Crippen molar-refractivity contribution in [2.45, 2.75) is 32.1 Å². The highest BCUT2D eigenvalue weighted by molar-refractivity contribution is 7.09. The molecule has 102 valence electrons. The van der Waals surface area contributed by atoms with Gasteiger partial charge in [-0.05, 0) is 33.0 Å². The van der Waals surface area contributed by atoms with Crippen molar-refractivity contribution in [3.05, 3.63) is 16.1 Å². The van der Waals surface area contributed by atoms with Crippen molar-refractivity contribution in [3.63, 3.8) is 0 Å². The fourth-order valence-electron chi connectivity index (χ4n) is 2.66. The average Bonchev–Trinajstić information content (AvgIpc) is 2.93. The molecular formula is C14H25N3S. The molecule has 1 aromatic heterocycles. The van der Waals surface area contributed by atoms with Gasteiger partial charge >= 0.3 is 0 Å². The highest BCUT2D eigenvalue weighted by Crippen LogP contribution is 2.32. The van der Waals surface area contributed by atoms with Crippen LogP contribution in [0.4, 0.5) is 0 Å². The summed E-state index contributed by atoms with van der Waals surface area (Å²) in [5, 5.41) is 6.88. The molecule has 1 fully saturated rings. The maximum Gasteiger partial charge on any atom is 0.0974 e. The van der Waals surface area contributed by atoms with Crippen LogP contribution in [-0.2, 0) is 0 Å². The minimum atomic E-state index is 0.549. The van der Waals surface area contributed by atoms with Crippen LogP contribution in [0.15, 0.2) is 5.38 Å². The normalized spacial score (nSPS) is 22.8. The summed E-state index contributed by atoms with van der Waals surface area (Å²) in [6.45, 7) is 7.97. The highest BCUT2D eigenvalue weighted by atomic mass is 32.1. The van der Waals surface area contributed by atoms with Gasteiger partial charge in [-0.2, -0.15) is 0 Å². The second-order valence-electron chi connectivity index (χ2n) is 5.77. The van der Waals surface area contributed by atoms with Crippen LogP contribution < -0.4 is 5.32 Å². The summed E-state index contributed by atoms with van der Waals surface area (Å²) < 4.78 is 0. The van der Waals surface area contributed by atoms with Crippen LogP contribution >= 0.6 is 11.3 Å². The van der Waals surface area contributed by atoms with Gasteiger partial charge in [0.25, 0.3) is 0 Å². The zero-order chi connectivity index (χ0) is 13.1. The number of aromatic nitrogens is 1. The maximum absolute atomic E-state index is 4.92. The van der Waals surface area contributed by atoms with Crippen molar-refractivity contribution in [2.24, 2.45) is 5.92 Å². The van der Waals surface area contributed by atoms with Gasteiger partial charge in [-0.25, -0.2) is 4.98 Å². The summed E-state index contributed by atoms with van der Waals surface area (Å²) in [6.07, 6.45) is 1.26. The summed E-state index contributed by atoms with van der Waals surface area (Å²) in [6, 6.07) is 0. The van der Waals surface area contributed by atoms with E-state index in [1.165, 1.54) is 30.2 Å². The number of likely N-dealkylation sites (tertiary alicyclic amines) is 1. The largest absolute Gasteiger partial charge is 0.319 e. The van der Waals surface area contributed by atoms with Crippen LogP contribution in [0.3, 0.4) is 0 Å². The Hall–Kier alpha value is -0.450. The average molecular weight is 267 g/mol. The first-order valence-corrected chi connectivity index (χ1v) is 7.78. The van der Waals surface area contributed by atoms with E-state index >= 15 is 0 Å². The Morgan fingerprint density at radius 3 is 2.89 bits per heavy atom. The number of nitrogens with one attached hydrogen (secondary N) is 1. The molecule has 1 N–H and O–H groups in total. The van der Waals surface area contributed by atoms with E-state index in [2.05, 4.69) is 36.5 Å². The van der Waals surface area contributed by atoms with Gasteiger partial charge in [-0.1, -0.05) is 13.8 Å². The molecule has 0 bridgehead atoms. The first-order chi connectivity index (χ1) is 8.61. The molecule has 2 heterocycles. The standard InChI is InChI=1S/C14H25N3S/c1-10(2)12(7-15-3)14-16-13(9-18-14)11-5-6-17(4)8-11/h9-12,15H,5-8H2,1-4H3. The monoisotopic (exact) mass is 267 g/mol. The molecule has 18 heavy (non-hydrogen) atoms. The number of hydrogen-bond acceptors (Lipinski definition) is 4. The lowest BCUT2D eigenvalue weighted by Crippen LogP contribution is -2.21. The Morgan fingerprint density at radius 2 is 2.33 bits per heavy atom. The minimum Gasteiger partial charge on any atom is -0.319 e. The van der Waals surface area contributed by atoms with Gasteiger partial charge in [-0.15, -0.1) is 11.3 Å². The number of thiazole rings is 1. The van der Waals surface area contributed by atoms with E-state index in [-0.39, 0.29) is 0 Å². The summed E-state index contributed by atoms with van der Waals surface area (Å²) in [5.41, 5.74) is 1.32. The number of likely N-dealkylation sites (N-methyl/N-ethyl adjacent to an activating group) is 2. The van der Waals surface area contributed by atoms with Crippen molar-refractivity contribution in [3.8, 4) is 0 Å². The molecule has 1 aromatic rings. The van der Waals surface area contributed by atoms with E-state index in [4.69, 9.17) is 4.98 Å². The van der Waals surface area contributed by atoms with Gasteiger partial charge in [0.05, 0.1) is 10.7 Å². The van der Waals surface area contributed by atoms with Crippen molar-refractivity contribution in [1.29, 1.82) is 0 Å². The van der Waals surface area contributed by atoms with E-state index in [0.717, 1.165) is 6.54 Å². The molecule has 0 aromatic carbocycles. The fraction of sp³-hybridized carbons (Fsp3) is 0.786. The predicted octanol–water partition coefficient (Wildman–Crippen LogP) is 2.52. The molecule has 1 aliphatic rings. The van der Waals surface area contributed by atoms with Gasteiger partial charge in [0.2, 0.25) is 0 Å². The van der Waals surface area contributed by atoms with Crippen LogP contribution in [0.25, 0.3) is 0 Å². The Morgan fingerprint density at radius 1 is 1.56 bits per heavy atom. The van der Waals surface area contributed by atoms with Gasteiger partial charge < -0.3 is 10.2 Å². The molecule has 2 atom stereocenters. The van der Waals surface area contributed by atoms with E-state index < -0.39 is 0 Å². The topological polar surface area (TPSA) is 28.2 Å². The fourth-order valence-corrected chi connectivity index (χ4v) is 3.84. The number of rotatable bonds is 5. The second kappa shape index (κ2) is 6.13. The smallest absolute Gasteiger partial charge is 0.0974 e. The lowest BCUT2D eigenvalue weighted by molar-refractivity contribution is 0.410. The predicted molar refractivity (Wildman–Crippen MR) is 78.5 cm³/mol. The first kappa shape index (κ1) is 14.0. The molecule has 1 saturated heterocycles. The lowest BCUT2D eigenvalue weighted by atomic mass is 9.96. The van der Waals surface area contributed by atoms with E-state index in [0.29, 0.717) is 17.8 Å². The Labute approximate surface area is 115 Å². The van der Waals surface area contributed by atoms with Crippen LogP contribution in [0, 0.1) is 5.92 Å². The van der Waals surface area contributed by atoms with Gasteiger partial charge in [0.15, 0.2) is 0 Å². The zero-order valence-electron chi connectivity index (χ0n) is 11.9. The summed E-state index contributed by atoms with van der Waals surface area (Å²) in [7, 11) is 4.22. The molecule has 2 rings (SSSR count). The molecule has 0 radical (unpaired) electrons. The summed E-state index contributed by atoms with van der Waals surface area (Å²) in [4.78, 5) is 7.32. The van der Waals surface area contributed by atoms with Gasteiger partial charge in [0, 0.05) is 30.3 Å². The molecule has 1 aliphatic heterocycles. The van der Waals surface area contributed by atoms with Crippen LogP contribution in [0.1, 0.15) is 42.8 Å². The molecular weight excluding hydrogens is 242 g/mol. The number of hydrogen-bond donors (Lipinski definition) is 1. The molecule has 2 unspecified atom stereocenters. The van der Waals surface area contributed by atoms with Crippen molar-refractivity contribution in [1.82, 2.24) is 15.2 Å². The van der Waals surface area contributed by atoms with Crippen molar-refractivity contribution < 1.29 is 0 Å². The van der Waals surface area contributed by atoms with Gasteiger partial charge in [-0.3, -0.25) is 0 Å². The molecule has 0 saturated carbocycles. The second-order valence-corrected chi connectivity index (χ2v) is 6.66. The minimum absolute atomic E-state index is 0.549. The molecule has 0 spiro atoms. The zero-order valence-corrected chi connectivity index (χ0v) is 12.8. The Bertz CT molecular complexity index is 375. The number of nitrogens with zero attached hydrogens (tertiary/aromatic N) is 2. The first-order valence-electron chi connectivity index (χ1n) is 6.90. The van der Waals surface area contributed by atoms with E-state index in [1.807, 2.05) is 18.4 Å². The van der Waals surface area contributed by atoms with Crippen molar-refractivity contribution >= 4 is 11.3 Å². The SMILES string of the molecule is CNCC(c1nc(C2CCN(C)C2)cs1)C(C)C. The Balaban J connectivity index is 2.08. The van der Waals surface area contributed by atoms with Crippen LogP contribution in [0.2, 0.25) is 0 Å². The van der Waals surface area contributed by atoms with Gasteiger partial charge in [0.1, 0.15) is 0 Å². The lowest BCUT2D eigenvalue weighted by Gasteiger charge is -2.17. The summed E-state index contributed by atoms with van der Waals surface area (Å²) in [5.74, 6) is 1.85. The Kier molecular flexibility index (Phi) is 4.76. The quantitative estimate of drug-likeness (QED) is 0.888. The van der Waals surface area contributed by atoms with Crippen LogP contribution in [-0.4, -0.2) is 43.6 Å².